The summed E-state index contributed by atoms with van der Waals surface area (Å²) in [6.07, 6.45) is -3.44. The van der Waals surface area contributed by atoms with Gasteiger partial charge in [-0.1, -0.05) is 35.9 Å². The van der Waals surface area contributed by atoms with Crippen molar-refractivity contribution in [2.75, 3.05) is 17.7 Å². The third-order valence-electron chi connectivity index (χ3n) is 4.66. The smallest absolute Gasteiger partial charge is 0.428 e. The molecule has 13 heteroatoms. The fraction of sp³-hybridized carbons (Fsp3) is 0.273. The first-order valence-corrected chi connectivity index (χ1v) is 12.4. The van der Waals surface area contributed by atoms with E-state index in [2.05, 4.69) is 9.72 Å². The highest BCUT2D eigenvalue weighted by Crippen LogP contribution is 2.25. The number of oxazole rings is 1. The van der Waals surface area contributed by atoms with Gasteiger partial charge in [-0.2, -0.15) is 4.98 Å². The number of sulfonamides is 1. The highest BCUT2D eigenvalue weighted by atomic mass is 35.5. The van der Waals surface area contributed by atoms with E-state index < -0.39 is 22.3 Å². The Labute approximate surface area is 204 Å². The molecule has 0 fully saturated rings. The Kier molecular flexibility index (Phi) is 7.96. The molecule has 0 spiro atoms. The van der Waals surface area contributed by atoms with Gasteiger partial charge in [0, 0.05) is 18.1 Å². The van der Waals surface area contributed by atoms with Crippen molar-refractivity contribution in [1.82, 2.24) is 9.71 Å². The second-order valence-corrected chi connectivity index (χ2v) is 9.78. The molecule has 0 aliphatic carbocycles. The van der Waals surface area contributed by atoms with E-state index in [4.69, 9.17) is 16.0 Å². The number of rotatable bonds is 9. The molecule has 1 aromatic heterocycles. The minimum absolute atomic E-state index is 0.0470. The van der Waals surface area contributed by atoms with Gasteiger partial charge < -0.3 is 14.1 Å². The van der Waals surface area contributed by atoms with Gasteiger partial charge in [-0.15, -0.1) is 13.2 Å². The number of benzene rings is 2. The Balaban J connectivity index is 1.84. The van der Waals surface area contributed by atoms with Crippen LogP contribution < -0.4 is 14.4 Å². The van der Waals surface area contributed by atoms with Crippen molar-refractivity contribution in [3.8, 4) is 5.75 Å². The summed E-state index contributed by atoms with van der Waals surface area (Å²) >= 11 is 5.93. The van der Waals surface area contributed by atoms with Gasteiger partial charge >= 0.3 is 6.36 Å². The van der Waals surface area contributed by atoms with Gasteiger partial charge in [0.15, 0.2) is 5.69 Å². The molecule has 188 valence electrons. The highest BCUT2D eigenvalue weighted by molar-refractivity contribution is 7.89. The summed E-state index contributed by atoms with van der Waals surface area (Å²) < 4.78 is 71.5. The zero-order valence-corrected chi connectivity index (χ0v) is 20.2. The number of anilines is 1. The number of halogens is 4. The lowest BCUT2D eigenvalue weighted by atomic mass is 10.1. The molecule has 35 heavy (non-hydrogen) atoms. The first kappa shape index (κ1) is 26.4. The summed E-state index contributed by atoms with van der Waals surface area (Å²) in [4.78, 5) is 18.1. The van der Waals surface area contributed by atoms with Crippen LogP contribution in [0.3, 0.4) is 0 Å². The number of aryl methyl sites for hydroxylation is 1. The lowest BCUT2D eigenvalue weighted by Gasteiger charge is -2.21. The maximum Gasteiger partial charge on any atom is 0.573 e. The van der Waals surface area contributed by atoms with Crippen molar-refractivity contribution in [3.05, 3.63) is 76.1 Å². The third kappa shape index (κ3) is 8.18. The molecule has 0 radical (unpaired) electrons. The molecule has 0 bridgehead atoms. The zero-order chi connectivity index (χ0) is 25.8. The monoisotopic (exact) mass is 531 g/mol. The number of ether oxygens (including phenoxy) is 1. The third-order valence-corrected chi connectivity index (χ3v) is 5.47. The molecule has 1 N–H and O–H groups in total. The van der Waals surface area contributed by atoms with E-state index >= 15 is 0 Å². The Hall–Kier alpha value is -3.25. The Morgan fingerprint density at radius 2 is 1.71 bits per heavy atom. The fourth-order valence-corrected chi connectivity index (χ4v) is 3.68. The lowest BCUT2D eigenvalue weighted by Crippen LogP contribution is -2.30. The largest absolute Gasteiger partial charge is 0.573 e. The first-order chi connectivity index (χ1) is 16.3. The fourth-order valence-electron chi connectivity index (χ4n) is 3.12. The summed E-state index contributed by atoms with van der Waals surface area (Å²) in [5, 5.41) is 0.580. The lowest BCUT2D eigenvalue weighted by molar-refractivity contribution is -0.274. The Morgan fingerprint density at radius 1 is 1.11 bits per heavy atom. The van der Waals surface area contributed by atoms with E-state index in [1.165, 1.54) is 31.2 Å². The SMILES string of the molecule is Cc1oc(N(CCc2ccc(Cl)cc2)Cc2ccc(OC(F)(F)F)cc2)nc1C(=O)NS(C)(=O)=O. The van der Waals surface area contributed by atoms with Crippen LogP contribution in [0, 0.1) is 6.92 Å². The van der Waals surface area contributed by atoms with Crippen LogP contribution in [0.4, 0.5) is 19.2 Å². The maximum atomic E-state index is 12.4. The van der Waals surface area contributed by atoms with E-state index in [0.29, 0.717) is 23.6 Å². The van der Waals surface area contributed by atoms with Gasteiger partial charge in [0.1, 0.15) is 11.5 Å². The number of carbonyl (C=O) groups excluding carboxylic acids is 1. The van der Waals surface area contributed by atoms with Crippen molar-refractivity contribution in [3.63, 3.8) is 0 Å². The van der Waals surface area contributed by atoms with Gasteiger partial charge in [0.05, 0.1) is 6.26 Å². The molecule has 0 aliphatic rings. The van der Waals surface area contributed by atoms with Crippen LogP contribution in [0.5, 0.6) is 5.75 Å². The minimum Gasteiger partial charge on any atom is -0.428 e. The molecule has 0 unspecified atom stereocenters. The van der Waals surface area contributed by atoms with Crippen molar-refractivity contribution in [2.45, 2.75) is 26.3 Å². The highest BCUT2D eigenvalue weighted by Gasteiger charge is 2.31. The van der Waals surface area contributed by atoms with Gasteiger partial charge in [0.2, 0.25) is 10.0 Å². The molecule has 3 aromatic rings. The maximum absolute atomic E-state index is 12.4. The molecule has 3 rings (SSSR count). The van der Waals surface area contributed by atoms with Crippen LogP contribution in [0.15, 0.2) is 52.9 Å². The van der Waals surface area contributed by atoms with Crippen molar-refractivity contribution < 1.29 is 35.5 Å². The molecule has 1 heterocycles. The van der Waals surface area contributed by atoms with E-state index in [1.54, 1.807) is 17.0 Å². The molecule has 1 amide bonds. The Bertz CT molecular complexity index is 1280. The molecule has 0 atom stereocenters. The molecule has 8 nitrogen and oxygen atoms in total. The van der Waals surface area contributed by atoms with Crippen LogP contribution in [-0.2, 0) is 23.0 Å². The van der Waals surface area contributed by atoms with E-state index in [9.17, 15) is 26.4 Å². The summed E-state index contributed by atoms with van der Waals surface area (Å²) in [7, 11) is -3.81. The summed E-state index contributed by atoms with van der Waals surface area (Å²) in [5.74, 6) is -1.20. The molecular weight excluding hydrogens is 511 g/mol. The minimum atomic E-state index is -4.80. The van der Waals surface area contributed by atoms with Gasteiger partial charge in [-0.3, -0.25) is 4.79 Å². The molecule has 0 saturated heterocycles. The average Bonchev–Trinajstić information content (AvgIpc) is 3.13. The topological polar surface area (TPSA) is 102 Å². The van der Waals surface area contributed by atoms with Crippen LogP contribution >= 0.6 is 11.6 Å². The van der Waals surface area contributed by atoms with Crippen LogP contribution in [0.1, 0.15) is 27.4 Å². The summed E-state index contributed by atoms with van der Waals surface area (Å²) in [6, 6.07) is 12.5. The number of hydrogen-bond donors (Lipinski definition) is 1. The standard InChI is InChI=1S/C22H21ClF3N3O5S/c1-14-19(20(30)28-35(2,31)32)27-21(33-14)29(12-11-15-3-7-17(23)8-4-15)13-16-5-9-18(10-6-16)34-22(24,25)26/h3-10H,11-13H2,1-2H3,(H,28,30). The van der Waals surface area contributed by atoms with Crippen LogP contribution in [0.25, 0.3) is 0 Å². The molecule has 0 saturated carbocycles. The number of aromatic nitrogens is 1. The van der Waals surface area contributed by atoms with Gasteiger partial charge in [0.25, 0.3) is 11.9 Å². The number of alkyl halides is 3. The normalized spacial score (nSPS) is 11.8. The van der Waals surface area contributed by atoms with Crippen LogP contribution in [-0.4, -0.2) is 38.5 Å². The number of hydrogen-bond acceptors (Lipinski definition) is 7. The second kappa shape index (κ2) is 10.6. The predicted octanol–water partition coefficient (Wildman–Crippen LogP) is 4.47. The molecule has 0 aliphatic heterocycles. The quantitative estimate of drug-likeness (QED) is 0.434. The van der Waals surface area contributed by atoms with E-state index in [0.717, 1.165) is 11.8 Å². The summed E-state index contributed by atoms with van der Waals surface area (Å²) in [5.41, 5.74) is 1.37. The van der Waals surface area contributed by atoms with Gasteiger partial charge in [-0.05, 0) is 48.7 Å². The second-order valence-electron chi connectivity index (χ2n) is 7.59. The van der Waals surface area contributed by atoms with Gasteiger partial charge in [-0.25, -0.2) is 13.1 Å². The number of nitrogens with zero attached hydrogens (tertiary/aromatic N) is 2. The van der Waals surface area contributed by atoms with E-state index in [1.807, 2.05) is 16.9 Å². The average molecular weight is 532 g/mol. The first-order valence-electron chi connectivity index (χ1n) is 10.1. The zero-order valence-electron chi connectivity index (χ0n) is 18.6. The number of carbonyl (C=O) groups is 1. The van der Waals surface area contributed by atoms with Crippen LogP contribution in [0.2, 0.25) is 5.02 Å². The molecular formula is C22H21ClF3N3O5S. The predicted molar refractivity (Wildman–Crippen MR) is 123 cm³/mol. The van der Waals surface area contributed by atoms with E-state index in [-0.39, 0.29) is 29.8 Å². The van der Waals surface area contributed by atoms with Crippen molar-refractivity contribution in [2.24, 2.45) is 0 Å². The molecule has 2 aromatic carbocycles. The number of nitrogens with one attached hydrogen (secondary N) is 1. The van der Waals surface area contributed by atoms with Crippen molar-refractivity contribution >= 4 is 33.5 Å². The number of amides is 1. The Morgan fingerprint density at radius 3 is 2.29 bits per heavy atom. The summed E-state index contributed by atoms with van der Waals surface area (Å²) in [6.45, 7) is 2.00. The van der Waals surface area contributed by atoms with Crippen molar-refractivity contribution in [1.29, 1.82) is 0 Å².